The zero-order chi connectivity index (χ0) is 13.8. The van der Waals surface area contributed by atoms with Crippen molar-refractivity contribution in [3.8, 4) is 0 Å². The van der Waals surface area contributed by atoms with Gasteiger partial charge < -0.3 is 11.1 Å². The Kier molecular flexibility index (Phi) is 4.69. The Bertz CT molecular complexity index is 467. The van der Waals surface area contributed by atoms with E-state index in [2.05, 4.69) is 11.6 Å². The Morgan fingerprint density at radius 3 is 2.84 bits per heavy atom. The van der Waals surface area contributed by atoms with Crippen molar-refractivity contribution in [3.63, 3.8) is 0 Å². The van der Waals surface area contributed by atoms with E-state index in [0.717, 1.165) is 19.3 Å². The molecule has 2 atom stereocenters. The molecule has 0 heterocycles. The molecule has 5 heteroatoms. The predicted molar refractivity (Wildman–Crippen MR) is 77.8 cm³/mol. The van der Waals surface area contributed by atoms with Crippen molar-refractivity contribution >= 4 is 23.4 Å². The smallest absolute Gasteiger partial charge is 0.251 e. The summed E-state index contributed by atoms with van der Waals surface area (Å²) in [6.45, 7) is 0. The number of hydrogen-bond donors (Lipinski definition) is 2. The normalized spacial score (nSPS) is 23.1. The minimum absolute atomic E-state index is 0.0659. The number of rotatable bonds is 3. The van der Waals surface area contributed by atoms with Crippen LogP contribution in [0.2, 0.25) is 0 Å². The first-order valence-corrected chi connectivity index (χ1v) is 7.79. The highest BCUT2D eigenvalue weighted by Crippen LogP contribution is 2.27. The summed E-state index contributed by atoms with van der Waals surface area (Å²) in [5, 5.41) is 3.47. The molecule has 19 heavy (non-hydrogen) atoms. The number of carbonyl (C=O) groups excluding carboxylic acids is 1. The monoisotopic (exact) mass is 282 g/mol. The molecule has 1 aliphatic carbocycles. The van der Waals surface area contributed by atoms with E-state index in [4.69, 9.17) is 5.73 Å². The molecule has 1 aromatic carbocycles. The number of thioether (sulfide) groups is 1. The molecular formula is C14H19FN2OS. The second kappa shape index (κ2) is 6.28. The standard InChI is InChI=1S/C14H19FN2OS/c1-19-13-5-3-2-4-12(13)17-14(18)9-6-7-11(16)10(15)8-9/h6-8,12-13H,2-5,16H2,1H3,(H,17,18). The molecule has 3 nitrogen and oxygen atoms in total. The maximum Gasteiger partial charge on any atom is 0.251 e. The quantitative estimate of drug-likeness (QED) is 0.838. The average molecular weight is 282 g/mol. The van der Waals surface area contributed by atoms with Gasteiger partial charge in [-0.25, -0.2) is 4.39 Å². The van der Waals surface area contributed by atoms with Gasteiger partial charge in [-0.1, -0.05) is 12.8 Å². The third-order valence-corrected chi connectivity index (χ3v) is 4.75. The summed E-state index contributed by atoms with van der Waals surface area (Å²) in [7, 11) is 0. The van der Waals surface area contributed by atoms with Gasteiger partial charge in [-0.3, -0.25) is 4.79 Å². The molecule has 3 N–H and O–H groups in total. The summed E-state index contributed by atoms with van der Waals surface area (Å²) in [4.78, 5) is 12.1. The van der Waals surface area contributed by atoms with E-state index >= 15 is 0 Å². The maximum atomic E-state index is 13.4. The largest absolute Gasteiger partial charge is 0.396 e. The van der Waals surface area contributed by atoms with Gasteiger partial charge in [-0.15, -0.1) is 0 Å². The lowest BCUT2D eigenvalue weighted by atomic mass is 9.94. The molecule has 104 valence electrons. The Balaban J connectivity index is 2.05. The molecule has 1 fully saturated rings. The number of nitrogen functional groups attached to an aromatic ring is 1. The van der Waals surface area contributed by atoms with Crippen molar-refractivity contribution in [2.75, 3.05) is 12.0 Å². The summed E-state index contributed by atoms with van der Waals surface area (Å²) in [6.07, 6.45) is 6.54. The number of benzene rings is 1. The van der Waals surface area contributed by atoms with Crippen LogP contribution < -0.4 is 11.1 Å². The SMILES string of the molecule is CSC1CCCCC1NC(=O)c1ccc(N)c(F)c1. The summed E-state index contributed by atoms with van der Waals surface area (Å²) in [5.41, 5.74) is 5.80. The van der Waals surface area contributed by atoms with Gasteiger partial charge in [0.05, 0.1) is 5.69 Å². The molecule has 0 aromatic heterocycles. The predicted octanol–water partition coefficient (Wildman–Crippen LogP) is 2.81. The molecule has 0 spiro atoms. The van der Waals surface area contributed by atoms with Crippen molar-refractivity contribution in [1.82, 2.24) is 5.32 Å². The van der Waals surface area contributed by atoms with Crippen LogP contribution in [0.25, 0.3) is 0 Å². The Hall–Kier alpha value is -1.23. The number of carbonyl (C=O) groups is 1. The van der Waals surface area contributed by atoms with Gasteiger partial charge in [0, 0.05) is 16.9 Å². The van der Waals surface area contributed by atoms with Crippen LogP contribution in [0.15, 0.2) is 18.2 Å². The van der Waals surface area contributed by atoms with Crippen LogP contribution in [-0.2, 0) is 0 Å². The molecule has 1 saturated carbocycles. The number of halogens is 1. The van der Waals surface area contributed by atoms with Gasteiger partial charge in [-0.2, -0.15) is 11.8 Å². The van der Waals surface area contributed by atoms with Crippen molar-refractivity contribution in [1.29, 1.82) is 0 Å². The van der Waals surface area contributed by atoms with Gasteiger partial charge >= 0.3 is 0 Å². The number of nitrogens with two attached hydrogens (primary N) is 1. The van der Waals surface area contributed by atoms with Gasteiger partial charge in [0.2, 0.25) is 0 Å². The zero-order valence-electron chi connectivity index (χ0n) is 11.0. The van der Waals surface area contributed by atoms with Crippen LogP contribution in [-0.4, -0.2) is 23.5 Å². The Morgan fingerprint density at radius 1 is 1.42 bits per heavy atom. The molecular weight excluding hydrogens is 263 g/mol. The van der Waals surface area contributed by atoms with Gasteiger partial charge in [0.25, 0.3) is 5.91 Å². The highest BCUT2D eigenvalue weighted by Gasteiger charge is 2.26. The molecule has 0 aliphatic heterocycles. The molecule has 2 rings (SSSR count). The minimum Gasteiger partial charge on any atom is -0.396 e. The topological polar surface area (TPSA) is 55.1 Å². The molecule has 1 aliphatic rings. The molecule has 2 unspecified atom stereocenters. The van der Waals surface area contributed by atoms with Gasteiger partial charge in [0.15, 0.2) is 0 Å². The van der Waals surface area contributed by atoms with E-state index in [0.29, 0.717) is 10.8 Å². The third kappa shape index (κ3) is 3.41. The van der Waals surface area contributed by atoms with E-state index in [9.17, 15) is 9.18 Å². The second-order valence-electron chi connectivity index (χ2n) is 4.87. The van der Waals surface area contributed by atoms with Gasteiger partial charge in [0.1, 0.15) is 5.82 Å². The lowest BCUT2D eigenvalue weighted by Crippen LogP contribution is -2.43. The van der Waals surface area contributed by atoms with Crippen LogP contribution in [0.5, 0.6) is 0 Å². The first kappa shape index (κ1) is 14.2. The first-order valence-electron chi connectivity index (χ1n) is 6.50. The first-order chi connectivity index (χ1) is 9.11. The molecule has 0 saturated heterocycles. The van der Waals surface area contributed by atoms with E-state index in [1.807, 2.05) is 0 Å². The van der Waals surface area contributed by atoms with Crippen LogP contribution in [0.1, 0.15) is 36.0 Å². The van der Waals surface area contributed by atoms with Crippen LogP contribution in [0, 0.1) is 5.82 Å². The molecule has 0 radical (unpaired) electrons. The van der Waals surface area contributed by atoms with Crippen molar-refractivity contribution in [2.45, 2.75) is 37.0 Å². The van der Waals surface area contributed by atoms with Gasteiger partial charge in [-0.05, 0) is 37.3 Å². The molecule has 0 bridgehead atoms. The second-order valence-corrected chi connectivity index (χ2v) is 5.95. The summed E-state index contributed by atoms with van der Waals surface area (Å²) in [5.74, 6) is -0.762. The van der Waals surface area contributed by atoms with Crippen molar-refractivity contribution in [2.24, 2.45) is 0 Å². The fourth-order valence-corrected chi connectivity index (χ4v) is 3.40. The Morgan fingerprint density at radius 2 is 2.16 bits per heavy atom. The summed E-state index contributed by atoms with van der Waals surface area (Å²) < 4.78 is 13.4. The summed E-state index contributed by atoms with van der Waals surface area (Å²) in [6, 6.07) is 4.36. The van der Waals surface area contributed by atoms with Crippen LogP contribution >= 0.6 is 11.8 Å². The third-order valence-electron chi connectivity index (χ3n) is 3.58. The highest BCUT2D eigenvalue weighted by atomic mass is 32.2. The minimum atomic E-state index is -0.544. The van der Waals surface area contributed by atoms with E-state index in [1.165, 1.54) is 18.6 Å². The van der Waals surface area contributed by atoms with E-state index < -0.39 is 5.82 Å². The number of hydrogen-bond acceptors (Lipinski definition) is 3. The number of amides is 1. The molecule has 1 amide bonds. The van der Waals surface area contributed by atoms with Crippen LogP contribution in [0.4, 0.5) is 10.1 Å². The number of nitrogens with one attached hydrogen (secondary N) is 1. The lowest BCUT2D eigenvalue weighted by Gasteiger charge is -2.30. The summed E-state index contributed by atoms with van der Waals surface area (Å²) >= 11 is 1.79. The Labute approximate surface area is 117 Å². The highest BCUT2D eigenvalue weighted by molar-refractivity contribution is 7.99. The zero-order valence-corrected chi connectivity index (χ0v) is 11.8. The molecule has 1 aromatic rings. The fraction of sp³-hybridized carbons (Fsp3) is 0.500. The van der Waals surface area contributed by atoms with Crippen molar-refractivity contribution in [3.05, 3.63) is 29.6 Å². The average Bonchev–Trinajstić information content (AvgIpc) is 2.42. The van der Waals surface area contributed by atoms with E-state index in [1.54, 1.807) is 17.8 Å². The van der Waals surface area contributed by atoms with Crippen molar-refractivity contribution < 1.29 is 9.18 Å². The number of anilines is 1. The fourth-order valence-electron chi connectivity index (χ4n) is 2.46. The van der Waals surface area contributed by atoms with E-state index in [-0.39, 0.29) is 17.6 Å². The maximum absolute atomic E-state index is 13.4. The van der Waals surface area contributed by atoms with Crippen LogP contribution in [0.3, 0.4) is 0 Å². The lowest BCUT2D eigenvalue weighted by molar-refractivity contribution is 0.0929.